The maximum absolute atomic E-state index is 12.2. The summed E-state index contributed by atoms with van der Waals surface area (Å²) in [6.07, 6.45) is 0. The Labute approximate surface area is 162 Å². The van der Waals surface area contributed by atoms with Gasteiger partial charge in [0.2, 0.25) is 0 Å². The average Bonchev–Trinajstić information content (AvgIpc) is 2.71. The van der Waals surface area contributed by atoms with Crippen LogP contribution in [0.1, 0.15) is 27.6 Å². The number of amides is 2. The Bertz CT molecular complexity index is 866. The SMILES string of the molecule is CCNC(=O)c1cccc(NC(=O)COC(=O)c2ccc(OC)cc2OC)c1. The third-order valence-electron chi connectivity index (χ3n) is 3.71. The quantitative estimate of drug-likeness (QED) is 0.675. The van der Waals surface area contributed by atoms with Crippen LogP contribution < -0.4 is 20.1 Å². The van der Waals surface area contributed by atoms with Crippen molar-refractivity contribution in [2.75, 3.05) is 32.7 Å². The number of anilines is 1. The number of hydrogen-bond donors (Lipinski definition) is 2. The first-order chi connectivity index (χ1) is 13.5. The van der Waals surface area contributed by atoms with Gasteiger partial charge in [0.25, 0.3) is 11.8 Å². The van der Waals surface area contributed by atoms with Crippen LogP contribution >= 0.6 is 0 Å². The summed E-state index contributed by atoms with van der Waals surface area (Å²) in [5, 5.41) is 5.26. The zero-order chi connectivity index (χ0) is 20.5. The van der Waals surface area contributed by atoms with Crippen molar-refractivity contribution >= 4 is 23.5 Å². The molecule has 0 aliphatic rings. The molecule has 0 saturated heterocycles. The minimum Gasteiger partial charge on any atom is -0.497 e. The fourth-order valence-electron chi connectivity index (χ4n) is 2.37. The van der Waals surface area contributed by atoms with Crippen LogP contribution in [-0.2, 0) is 9.53 Å². The molecule has 2 aromatic carbocycles. The molecule has 0 aliphatic carbocycles. The molecule has 8 nitrogen and oxygen atoms in total. The molecule has 8 heteroatoms. The predicted molar refractivity (Wildman–Crippen MR) is 103 cm³/mol. The van der Waals surface area contributed by atoms with Gasteiger partial charge in [-0.1, -0.05) is 6.07 Å². The number of esters is 1. The second-order valence-corrected chi connectivity index (χ2v) is 5.63. The van der Waals surface area contributed by atoms with E-state index in [2.05, 4.69) is 10.6 Å². The zero-order valence-electron chi connectivity index (χ0n) is 15.9. The van der Waals surface area contributed by atoms with Gasteiger partial charge < -0.3 is 24.8 Å². The number of ether oxygens (including phenoxy) is 3. The van der Waals surface area contributed by atoms with Crippen molar-refractivity contribution < 1.29 is 28.6 Å². The lowest BCUT2D eigenvalue weighted by molar-refractivity contribution is -0.119. The molecule has 0 saturated carbocycles. The van der Waals surface area contributed by atoms with Crippen LogP contribution in [0.4, 0.5) is 5.69 Å². The van der Waals surface area contributed by atoms with E-state index in [4.69, 9.17) is 14.2 Å². The summed E-state index contributed by atoms with van der Waals surface area (Å²) in [6.45, 7) is 1.83. The molecule has 0 aliphatic heterocycles. The van der Waals surface area contributed by atoms with Crippen LogP contribution in [0.25, 0.3) is 0 Å². The largest absolute Gasteiger partial charge is 0.497 e. The van der Waals surface area contributed by atoms with Crippen molar-refractivity contribution in [2.45, 2.75) is 6.92 Å². The van der Waals surface area contributed by atoms with Gasteiger partial charge in [0, 0.05) is 23.9 Å². The molecular weight excluding hydrogens is 364 g/mol. The highest BCUT2D eigenvalue weighted by Crippen LogP contribution is 2.25. The molecule has 0 unspecified atom stereocenters. The van der Waals surface area contributed by atoms with Crippen LogP contribution in [0.3, 0.4) is 0 Å². The van der Waals surface area contributed by atoms with E-state index in [-0.39, 0.29) is 17.2 Å². The summed E-state index contributed by atoms with van der Waals surface area (Å²) in [5.41, 5.74) is 1.01. The van der Waals surface area contributed by atoms with E-state index in [0.29, 0.717) is 23.5 Å². The third kappa shape index (κ3) is 5.47. The molecule has 0 heterocycles. The van der Waals surface area contributed by atoms with Gasteiger partial charge in [-0.25, -0.2) is 4.79 Å². The Balaban J connectivity index is 1.96. The van der Waals surface area contributed by atoms with E-state index in [0.717, 1.165) is 0 Å². The first-order valence-corrected chi connectivity index (χ1v) is 8.55. The topological polar surface area (TPSA) is 103 Å². The standard InChI is InChI=1S/C20H22N2O6/c1-4-21-19(24)13-6-5-7-14(10-13)22-18(23)12-28-20(25)16-9-8-15(26-2)11-17(16)27-3/h5-11H,4,12H2,1-3H3,(H,21,24)(H,22,23). The van der Waals surface area contributed by atoms with Gasteiger partial charge in [0.05, 0.1) is 14.2 Å². The number of carbonyl (C=O) groups excluding carboxylic acids is 3. The summed E-state index contributed by atoms with van der Waals surface area (Å²) < 4.78 is 15.3. The van der Waals surface area contributed by atoms with E-state index in [1.807, 2.05) is 6.92 Å². The van der Waals surface area contributed by atoms with Crippen molar-refractivity contribution in [1.29, 1.82) is 0 Å². The van der Waals surface area contributed by atoms with Crippen molar-refractivity contribution in [3.8, 4) is 11.5 Å². The van der Waals surface area contributed by atoms with Crippen LogP contribution in [0, 0.1) is 0 Å². The van der Waals surface area contributed by atoms with E-state index in [1.165, 1.54) is 26.4 Å². The molecular formula is C20H22N2O6. The number of rotatable bonds is 8. The minimum atomic E-state index is -0.703. The Hall–Kier alpha value is -3.55. The summed E-state index contributed by atoms with van der Waals surface area (Å²) in [7, 11) is 2.91. The highest BCUT2D eigenvalue weighted by Gasteiger charge is 2.16. The lowest BCUT2D eigenvalue weighted by Gasteiger charge is -2.11. The van der Waals surface area contributed by atoms with Gasteiger partial charge in [-0.2, -0.15) is 0 Å². The lowest BCUT2D eigenvalue weighted by atomic mass is 10.2. The Morgan fingerprint density at radius 3 is 2.46 bits per heavy atom. The lowest BCUT2D eigenvalue weighted by Crippen LogP contribution is -2.23. The Kier molecular flexibility index (Phi) is 7.38. The summed E-state index contributed by atoms with van der Waals surface area (Å²) in [6, 6.07) is 11.1. The highest BCUT2D eigenvalue weighted by atomic mass is 16.5. The summed E-state index contributed by atoms with van der Waals surface area (Å²) in [4.78, 5) is 36.1. The smallest absolute Gasteiger partial charge is 0.342 e. The van der Waals surface area contributed by atoms with E-state index in [9.17, 15) is 14.4 Å². The molecule has 148 valence electrons. The molecule has 2 aromatic rings. The monoisotopic (exact) mass is 386 g/mol. The maximum atomic E-state index is 12.2. The average molecular weight is 386 g/mol. The molecule has 0 bridgehead atoms. The number of carbonyl (C=O) groups is 3. The van der Waals surface area contributed by atoms with Gasteiger partial charge in [-0.3, -0.25) is 9.59 Å². The number of methoxy groups -OCH3 is 2. The maximum Gasteiger partial charge on any atom is 0.342 e. The molecule has 0 radical (unpaired) electrons. The molecule has 2 rings (SSSR count). The second kappa shape index (κ2) is 9.96. The minimum absolute atomic E-state index is 0.175. The Morgan fingerprint density at radius 1 is 1.00 bits per heavy atom. The number of nitrogens with one attached hydrogen (secondary N) is 2. The highest BCUT2D eigenvalue weighted by molar-refractivity contribution is 5.99. The molecule has 28 heavy (non-hydrogen) atoms. The van der Waals surface area contributed by atoms with Gasteiger partial charge in [0.1, 0.15) is 17.1 Å². The Morgan fingerprint density at radius 2 is 1.79 bits per heavy atom. The van der Waals surface area contributed by atoms with Gasteiger partial charge >= 0.3 is 5.97 Å². The van der Waals surface area contributed by atoms with Crippen molar-refractivity contribution in [1.82, 2.24) is 5.32 Å². The number of benzene rings is 2. The first kappa shape index (κ1) is 20.8. The van der Waals surface area contributed by atoms with Crippen LogP contribution in [0.2, 0.25) is 0 Å². The molecule has 2 N–H and O–H groups in total. The summed E-state index contributed by atoms with van der Waals surface area (Å²) in [5.74, 6) is -0.672. The fourth-order valence-corrected chi connectivity index (χ4v) is 2.37. The van der Waals surface area contributed by atoms with Gasteiger partial charge in [0.15, 0.2) is 6.61 Å². The van der Waals surface area contributed by atoms with Crippen LogP contribution in [0.15, 0.2) is 42.5 Å². The fraction of sp³-hybridized carbons (Fsp3) is 0.250. The van der Waals surface area contributed by atoms with Crippen molar-refractivity contribution in [3.63, 3.8) is 0 Å². The predicted octanol–water partition coefficient (Wildman–Crippen LogP) is 2.25. The van der Waals surface area contributed by atoms with Gasteiger partial charge in [-0.15, -0.1) is 0 Å². The van der Waals surface area contributed by atoms with E-state index >= 15 is 0 Å². The second-order valence-electron chi connectivity index (χ2n) is 5.63. The molecule has 0 spiro atoms. The molecule has 0 fully saturated rings. The third-order valence-corrected chi connectivity index (χ3v) is 3.71. The number of hydrogen-bond acceptors (Lipinski definition) is 6. The van der Waals surface area contributed by atoms with E-state index in [1.54, 1.807) is 30.3 Å². The molecule has 0 atom stereocenters. The first-order valence-electron chi connectivity index (χ1n) is 8.55. The van der Waals surface area contributed by atoms with Crippen molar-refractivity contribution in [2.24, 2.45) is 0 Å². The van der Waals surface area contributed by atoms with Crippen molar-refractivity contribution in [3.05, 3.63) is 53.6 Å². The normalized spacial score (nSPS) is 9.96. The molecule has 2 amide bonds. The summed E-state index contributed by atoms with van der Waals surface area (Å²) >= 11 is 0. The van der Waals surface area contributed by atoms with Crippen LogP contribution in [0.5, 0.6) is 11.5 Å². The van der Waals surface area contributed by atoms with E-state index < -0.39 is 18.5 Å². The molecule has 0 aromatic heterocycles. The van der Waals surface area contributed by atoms with Gasteiger partial charge in [-0.05, 0) is 37.3 Å². The zero-order valence-corrected chi connectivity index (χ0v) is 15.9. The van der Waals surface area contributed by atoms with Crippen LogP contribution in [-0.4, -0.2) is 45.2 Å².